The molecule has 108 valence electrons. The number of ether oxygens (including phenoxy) is 1. The van der Waals surface area contributed by atoms with Gasteiger partial charge in [-0.25, -0.2) is 4.39 Å². The number of methoxy groups -OCH3 is 1. The van der Waals surface area contributed by atoms with Crippen LogP contribution in [-0.2, 0) is 11.2 Å². The van der Waals surface area contributed by atoms with Gasteiger partial charge in [0.25, 0.3) is 0 Å². The molecule has 0 bridgehead atoms. The molecule has 1 N–H and O–H groups in total. The average molecular weight is 288 g/mol. The van der Waals surface area contributed by atoms with Crippen molar-refractivity contribution >= 4 is 11.6 Å². The molecule has 0 aliphatic rings. The smallest absolute Gasteiger partial charge is 0.124 e. The first-order valence-corrected chi connectivity index (χ1v) is 7.20. The van der Waals surface area contributed by atoms with Crippen LogP contribution in [0, 0.1) is 5.82 Å². The van der Waals surface area contributed by atoms with Crippen molar-refractivity contribution in [3.05, 3.63) is 34.6 Å². The van der Waals surface area contributed by atoms with Crippen molar-refractivity contribution in [2.75, 3.05) is 13.7 Å². The van der Waals surface area contributed by atoms with Gasteiger partial charge in [0.15, 0.2) is 0 Å². The van der Waals surface area contributed by atoms with Crippen molar-refractivity contribution in [2.45, 2.75) is 45.3 Å². The highest BCUT2D eigenvalue weighted by atomic mass is 35.5. The van der Waals surface area contributed by atoms with Crippen molar-refractivity contribution in [3.63, 3.8) is 0 Å². The Hall–Kier alpha value is -0.640. The number of likely N-dealkylation sites (N-methyl/N-ethyl adjacent to an activating group) is 1. The second kappa shape index (κ2) is 8.51. The minimum absolute atomic E-state index is 0.145. The van der Waals surface area contributed by atoms with Gasteiger partial charge in [0, 0.05) is 18.2 Å². The quantitative estimate of drug-likeness (QED) is 0.785. The van der Waals surface area contributed by atoms with Gasteiger partial charge >= 0.3 is 0 Å². The standard InChI is InChI=1S/C15H23ClFNO/c1-4-6-15(19-3)14(18-5-2)9-11-7-8-12(17)10-13(11)16/h7-8,10,14-15,18H,4-6,9H2,1-3H3. The molecule has 1 aromatic rings. The Balaban J connectivity index is 2.81. The Morgan fingerprint density at radius 3 is 2.63 bits per heavy atom. The van der Waals surface area contributed by atoms with E-state index in [-0.39, 0.29) is 18.0 Å². The largest absolute Gasteiger partial charge is 0.380 e. The topological polar surface area (TPSA) is 21.3 Å². The van der Waals surface area contributed by atoms with E-state index < -0.39 is 0 Å². The molecule has 0 radical (unpaired) electrons. The third-order valence-corrected chi connectivity index (χ3v) is 3.60. The minimum atomic E-state index is -0.300. The molecule has 0 amide bonds. The highest BCUT2D eigenvalue weighted by Gasteiger charge is 2.21. The fourth-order valence-corrected chi connectivity index (χ4v) is 2.53. The van der Waals surface area contributed by atoms with Gasteiger partial charge in [-0.15, -0.1) is 0 Å². The van der Waals surface area contributed by atoms with Crippen molar-refractivity contribution in [1.29, 1.82) is 0 Å². The lowest BCUT2D eigenvalue weighted by atomic mass is 9.98. The van der Waals surface area contributed by atoms with Crippen LogP contribution in [0.25, 0.3) is 0 Å². The lowest BCUT2D eigenvalue weighted by Gasteiger charge is -2.27. The first-order valence-electron chi connectivity index (χ1n) is 6.82. The summed E-state index contributed by atoms with van der Waals surface area (Å²) < 4.78 is 18.6. The predicted molar refractivity (Wildman–Crippen MR) is 78.3 cm³/mol. The minimum Gasteiger partial charge on any atom is -0.380 e. The fourth-order valence-electron chi connectivity index (χ4n) is 2.29. The highest BCUT2D eigenvalue weighted by Crippen LogP contribution is 2.21. The SMILES string of the molecule is CCCC(OC)C(Cc1ccc(F)cc1Cl)NCC. The molecule has 0 aliphatic heterocycles. The van der Waals surface area contributed by atoms with Crippen LogP contribution in [0.2, 0.25) is 5.02 Å². The zero-order valence-electron chi connectivity index (χ0n) is 11.9. The molecular weight excluding hydrogens is 265 g/mol. The van der Waals surface area contributed by atoms with Crippen LogP contribution in [0.1, 0.15) is 32.3 Å². The number of benzene rings is 1. The zero-order chi connectivity index (χ0) is 14.3. The summed E-state index contributed by atoms with van der Waals surface area (Å²) in [7, 11) is 1.73. The maximum absolute atomic E-state index is 13.1. The van der Waals surface area contributed by atoms with Crippen LogP contribution in [0.15, 0.2) is 18.2 Å². The molecule has 0 saturated heterocycles. The van der Waals surface area contributed by atoms with E-state index in [1.807, 2.05) is 0 Å². The number of halogens is 2. The summed E-state index contributed by atoms with van der Waals surface area (Å²) in [4.78, 5) is 0. The highest BCUT2D eigenvalue weighted by molar-refractivity contribution is 6.31. The van der Waals surface area contributed by atoms with Crippen molar-refractivity contribution in [1.82, 2.24) is 5.32 Å². The molecule has 1 aromatic carbocycles. The van der Waals surface area contributed by atoms with E-state index in [9.17, 15) is 4.39 Å². The van der Waals surface area contributed by atoms with Crippen molar-refractivity contribution in [3.8, 4) is 0 Å². The second-order valence-electron chi connectivity index (χ2n) is 4.67. The molecular formula is C15H23ClFNO. The van der Waals surface area contributed by atoms with Crippen LogP contribution in [0.5, 0.6) is 0 Å². The van der Waals surface area contributed by atoms with Crippen LogP contribution in [0.4, 0.5) is 4.39 Å². The van der Waals surface area contributed by atoms with E-state index in [0.717, 1.165) is 31.4 Å². The average Bonchev–Trinajstić information content (AvgIpc) is 2.38. The van der Waals surface area contributed by atoms with Gasteiger partial charge in [-0.05, 0) is 37.1 Å². The van der Waals surface area contributed by atoms with Gasteiger partial charge in [0.2, 0.25) is 0 Å². The van der Waals surface area contributed by atoms with Crippen LogP contribution in [0.3, 0.4) is 0 Å². The lowest BCUT2D eigenvalue weighted by Crippen LogP contribution is -2.42. The Labute approximate surface area is 120 Å². The van der Waals surface area contributed by atoms with E-state index >= 15 is 0 Å². The molecule has 0 aromatic heterocycles. The van der Waals surface area contributed by atoms with Gasteiger partial charge < -0.3 is 10.1 Å². The number of nitrogens with one attached hydrogen (secondary N) is 1. The van der Waals surface area contributed by atoms with Gasteiger partial charge in [0.05, 0.1) is 6.10 Å². The Morgan fingerprint density at radius 2 is 2.11 bits per heavy atom. The Morgan fingerprint density at radius 1 is 1.37 bits per heavy atom. The zero-order valence-corrected chi connectivity index (χ0v) is 12.6. The summed E-state index contributed by atoms with van der Waals surface area (Å²) in [6.07, 6.45) is 2.95. The maximum Gasteiger partial charge on any atom is 0.124 e. The maximum atomic E-state index is 13.1. The number of rotatable bonds is 8. The summed E-state index contributed by atoms with van der Waals surface area (Å²) in [5, 5.41) is 3.91. The molecule has 2 nitrogen and oxygen atoms in total. The third-order valence-electron chi connectivity index (χ3n) is 3.25. The fraction of sp³-hybridized carbons (Fsp3) is 0.600. The van der Waals surface area contributed by atoms with Crippen LogP contribution >= 0.6 is 11.6 Å². The normalized spacial score (nSPS) is 14.4. The summed E-state index contributed by atoms with van der Waals surface area (Å²) in [6, 6.07) is 4.76. The van der Waals surface area contributed by atoms with Gasteiger partial charge in [-0.2, -0.15) is 0 Å². The molecule has 0 fully saturated rings. The molecule has 2 unspecified atom stereocenters. The molecule has 1 rings (SSSR count). The summed E-state index contributed by atoms with van der Waals surface area (Å²) >= 11 is 6.09. The van der Waals surface area contributed by atoms with Crippen molar-refractivity contribution < 1.29 is 9.13 Å². The van der Waals surface area contributed by atoms with E-state index in [4.69, 9.17) is 16.3 Å². The predicted octanol–water partition coefficient (Wildman–Crippen LogP) is 3.81. The molecule has 2 atom stereocenters. The summed E-state index contributed by atoms with van der Waals surface area (Å²) in [5.74, 6) is -0.300. The third kappa shape index (κ3) is 5.09. The van der Waals surface area contributed by atoms with E-state index in [0.29, 0.717) is 5.02 Å². The van der Waals surface area contributed by atoms with E-state index in [2.05, 4.69) is 19.2 Å². The first-order chi connectivity index (χ1) is 9.12. The molecule has 0 spiro atoms. The van der Waals surface area contributed by atoms with Crippen LogP contribution < -0.4 is 5.32 Å². The summed E-state index contributed by atoms with van der Waals surface area (Å²) in [6.45, 7) is 5.07. The summed E-state index contributed by atoms with van der Waals surface area (Å²) in [5.41, 5.74) is 0.951. The van der Waals surface area contributed by atoms with E-state index in [1.165, 1.54) is 12.1 Å². The molecule has 0 heterocycles. The van der Waals surface area contributed by atoms with Crippen LogP contribution in [-0.4, -0.2) is 25.8 Å². The second-order valence-corrected chi connectivity index (χ2v) is 5.07. The number of hydrogen-bond donors (Lipinski definition) is 1. The molecule has 0 saturated carbocycles. The lowest BCUT2D eigenvalue weighted by molar-refractivity contribution is 0.0614. The van der Waals surface area contributed by atoms with E-state index in [1.54, 1.807) is 13.2 Å². The van der Waals surface area contributed by atoms with Gasteiger partial charge in [-0.3, -0.25) is 0 Å². The molecule has 4 heteroatoms. The Kier molecular flexibility index (Phi) is 7.36. The molecule has 0 aliphatic carbocycles. The first kappa shape index (κ1) is 16.4. The van der Waals surface area contributed by atoms with Crippen molar-refractivity contribution in [2.24, 2.45) is 0 Å². The van der Waals surface area contributed by atoms with Gasteiger partial charge in [0.1, 0.15) is 5.82 Å². The monoisotopic (exact) mass is 287 g/mol. The molecule has 19 heavy (non-hydrogen) atoms. The number of hydrogen-bond acceptors (Lipinski definition) is 2. The van der Waals surface area contributed by atoms with Gasteiger partial charge in [-0.1, -0.05) is 37.9 Å². The Bertz CT molecular complexity index is 386.